The van der Waals surface area contributed by atoms with Gasteiger partial charge in [0.05, 0.1) is 0 Å². The summed E-state index contributed by atoms with van der Waals surface area (Å²) >= 11 is 3.34. The maximum Gasteiger partial charge on any atom is 0.253 e. The van der Waals surface area contributed by atoms with Gasteiger partial charge in [0.2, 0.25) is 0 Å². The Hall–Kier alpha value is -1.85. The number of benzene rings is 2. The molecule has 128 valence electrons. The van der Waals surface area contributed by atoms with Crippen LogP contribution in [0.1, 0.15) is 21.5 Å². The molecule has 2 rings (SSSR count). The molecule has 0 saturated heterocycles. The predicted octanol–water partition coefficient (Wildman–Crippen LogP) is 3.58. The maximum atomic E-state index is 12.3. The van der Waals surface area contributed by atoms with Crippen molar-refractivity contribution in [3.05, 3.63) is 63.6 Å². The summed E-state index contributed by atoms with van der Waals surface area (Å²) in [5, 5.41) is 10.1. The Morgan fingerprint density at radius 2 is 1.88 bits per heavy atom. The van der Waals surface area contributed by atoms with E-state index in [-0.39, 0.29) is 19.1 Å². The smallest absolute Gasteiger partial charge is 0.253 e. The molecule has 2 aromatic carbocycles. The van der Waals surface area contributed by atoms with Gasteiger partial charge in [-0.15, -0.1) is 0 Å². The average molecular weight is 392 g/mol. The SMILES string of the molecule is Cc1ccc(OCC(O)CN(C)C(=O)c2ccc(Br)cc2)c(C)c1. The lowest BCUT2D eigenvalue weighted by atomic mass is 10.1. The molecule has 0 aliphatic heterocycles. The number of aryl methyl sites for hydroxylation is 2. The van der Waals surface area contributed by atoms with E-state index < -0.39 is 6.10 Å². The number of hydrogen-bond acceptors (Lipinski definition) is 3. The first-order valence-corrected chi connectivity index (χ1v) is 8.55. The maximum absolute atomic E-state index is 12.3. The van der Waals surface area contributed by atoms with E-state index in [9.17, 15) is 9.90 Å². The first-order chi connectivity index (χ1) is 11.4. The Balaban J connectivity index is 1.88. The molecule has 24 heavy (non-hydrogen) atoms. The first-order valence-electron chi connectivity index (χ1n) is 7.76. The summed E-state index contributed by atoms with van der Waals surface area (Å²) in [6.45, 7) is 4.34. The van der Waals surface area contributed by atoms with Crippen molar-refractivity contribution in [1.29, 1.82) is 0 Å². The van der Waals surface area contributed by atoms with E-state index in [4.69, 9.17) is 4.74 Å². The fourth-order valence-electron chi connectivity index (χ4n) is 2.41. The topological polar surface area (TPSA) is 49.8 Å². The second-order valence-electron chi connectivity index (χ2n) is 5.93. The van der Waals surface area contributed by atoms with Crippen LogP contribution in [0.2, 0.25) is 0 Å². The lowest BCUT2D eigenvalue weighted by molar-refractivity contribution is 0.0562. The van der Waals surface area contributed by atoms with Crippen LogP contribution in [0, 0.1) is 13.8 Å². The van der Waals surface area contributed by atoms with E-state index in [1.54, 1.807) is 19.2 Å². The van der Waals surface area contributed by atoms with Crippen LogP contribution in [0.4, 0.5) is 0 Å². The van der Waals surface area contributed by atoms with Crippen LogP contribution < -0.4 is 4.74 Å². The second kappa shape index (κ2) is 8.31. The third kappa shape index (κ3) is 5.08. The largest absolute Gasteiger partial charge is 0.491 e. The molecular weight excluding hydrogens is 370 g/mol. The minimum absolute atomic E-state index is 0.131. The van der Waals surface area contributed by atoms with Crippen molar-refractivity contribution in [3.63, 3.8) is 0 Å². The molecule has 2 aromatic rings. The van der Waals surface area contributed by atoms with Crippen LogP contribution in [-0.4, -0.2) is 42.2 Å². The van der Waals surface area contributed by atoms with E-state index in [0.717, 1.165) is 15.8 Å². The molecule has 0 radical (unpaired) electrons. The van der Waals surface area contributed by atoms with Gasteiger partial charge in [-0.2, -0.15) is 0 Å². The molecule has 0 spiro atoms. The molecule has 0 fully saturated rings. The molecule has 1 atom stereocenters. The van der Waals surface area contributed by atoms with E-state index >= 15 is 0 Å². The number of aliphatic hydroxyl groups excluding tert-OH is 1. The molecule has 0 aliphatic carbocycles. The minimum Gasteiger partial charge on any atom is -0.491 e. The number of likely N-dealkylation sites (N-methyl/N-ethyl adjacent to an activating group) is 1. The summed E-state index contributed by atoms with van der Waals surface area (Å²) in [5.74, 6) is 0.620. The second-order valence-corrected chi connectivity index (χ2v) is 6.84. The first kappa shape index (κ1) is 18.5. The summed E-state index contributed by atoms with van der Waals surface area (Å²) in [6.07, 6.45) is -0.755. The number of rotatable bonds is 6. The van der Waals surface area contributed by atoms with Crippen LogP contribution in [0.3, 0.4) is 0 Å². The Bertz CT molecular complexity index is 700. The quantitative estimate of drug-likeness (QED) is 0.818. The molecule has 0 aliphatic rings. The molecule has 1 unspecified atom stereocenters. The number of hydrogen-bond donors (Lipinski definition) is 1. The predicted molar refractivity (Wildman–Crippen MR) is 98.5 cm³/mol. The van der Waals surface area contributed by atoms with Crippen LogP contribution in [0.5, 0.6) is 5.75 Å². The van der Waals surface area contributed by atoms with E-state index in [0.29, 0.717) is 5.56 Å². The number of carbonyl (C=O) groups is 1. The summed E-state index contributed by atoms with van der Waals surface area (Å²) in [5.41, 5.74) is 2.78. The molecule has 4 nitrogen and oxygen atoms in total. The van der Waals surface area contributed by atoms with Gasteiger partial charge in [0.25, 0.3) is 5.91 Å². The van der Waals surface area contributed by atoms with Gasteiger partial charge in [0.1, 0.15) is 18.5 Å². The highest BCUT2D eigenvalue weighted by molar-refractivity contribution is 9.10. The van der Waals surface area contributed by atoms with Gasteiger partial charge in [-0.05, 0) is 49.7 Å². The summed E-state index contributed by atoms with van der Waals surface area (Å²) in [6, 6.07) is 13.0. The van der Waals surface area contributed by atoms with Crippen molar-refractivity contribution in [2.24, 2.45) is 0 Å². The molecule has 1 N–H and O–H groups in total. The van der Waals surface area contributed by atoms with Crippen LogP contribution in [0.15, 0.2) is 46.9 Å². The zero-order valence-electron chi connectivity index (χ0n) is 14.1. The van der Waals surface area contributed by atoms with Crippen molar-refractivity contribution < 1.29 is 14.6 Å². The fourth-order valence-corrected chi connectivity index (χ4v) is 2.68. The van der Waals surface area contributed by atoms with Crippen molar-refractivity contribution in [2.45, 2.75) is 20.0 Å². The molecular formula is C19H22BrNO3. The van der Waals surface area contributed by atoms with E-state index in [2.05, 4.69) is 15.9 Å². The lowest BCUT2D eigenvalue weighted by Crippen LogP contribution is -2.37. The minimum atomic E-state index is -0.755. The monoisotopic (exact) mass is 391 g/mol. The summed E-state index contributed by atoms with van der Waals surface area (Å²) in [7, 11) is 1.67. The third-order valence-electron chi connectivity index (χ3n) is 3.68. The van der Waals surface area contributed by atoms with Crippen molar-refractivity contribution in [3.8, 4) is 5.75 Å². The Morgan fingerprint density at radius 1 is 1.21 bits per heavy atom. The van der Waals surface area contributed by atoms with Crippen molar-refractivity contribution in [2.75, 3.05) is 20.2 Å². The third-order valence-corrected chi connectivity index (χ3v) is 4.21. The lowest BCUT2D eigenvalue weighted by Gasteiger charge is -2.21. The number of aliphatic hydroxyl groups is 1. The van der Waals surface area contributed by atoms with E-state index in [1.165, 1.54) is 10.5 Å². The van der Waals surface area contributed by atoms with Gasteiger partial charge in [0.15, 0.2) is 0 Å². The number of amides is 1. The summed E-state index contributed by atoms with van der Waals surface area (Å²) < 4.78 is 6.58. The van der Waals surface area contributed by atoms with Gasteiger partial charge in [-0.25, -0.2) is 0 Å². The molecule has 0 heterocycles. The molecule has 5 heteroatoms. The van der Waals surface area contributed by atoms with Crippen molar-refractivity contribution in [1.82, 2.24) is 4.90 Å². The fraction of sp³-hybridized carbons (Fsp3) is 0.316. The standard InChI is InChI=1S/C19H22BrNO3/c1-13-4-9-18(14(2)10-13)24-12-17(22)11-21(3)19(23)15-5-7-16(20)8-6-15/h4-10,17,22H,11-12H2,1-3H3. The van der Waals surface area contributed by atoms with Gasteiger partial charge in [-0.1, -0.05) is 33.6 Å². The van der Waals surface area contributed by atoms with Gasteiger partial charge < -0.3 is 14.7 Å². The van der Waals surface area contributed by atoms with Crippen LogP contribution in [-0.2, 0) is 0 Å². The Labute approximate surface area is 151 Å². The van der Waals surface area contributed by atoms with Gasteiger partial charge in [0, 0.05) is 23.6 Å². The number of halogens is 1. The molecule has 1 amide bonds. The molecule has 0 bridgehead atoms. The zero-order valence-corrected chi connectivity index (χ0v) is 15.7. The average Bonchev–Trinajstić information content (AvgIpc) is 2.54. The number of ether oxygens (including phenoxy) is 1. The van der Waals surface area contributed by atoms with Crippen LogP contribution in [0.25, 0.3) is 0 Å². The van der Waals surface area contributed by atoms with Crippen molar-refractivity contribution >= 4 is 21.8 Å². The highest BCUT2D eigenvalue weighted by atomic mass is 79.9. The highest BCUT2D eigenvalue weighted by Gasteiger charge is 2.16. The molecule has 0 aromatic heterocycles. The Morgan fingerprint density at radius 3 is 2.50 bits per heavy atom. The normalized spacial score (nSPS) is 11.9. The van der Waals surface area contributed by atoms with Gasteiger partial charge in [-0.3, -0.25) is 4.79 Å². The van der Waals surface area contributed by atoms with E-state index in [1.807, 2.05) is 44.2 Å². The Kier molecular flexibility index (Phi) is 6.40. The highest BCUT2D eigenvalue weighted by Crippen LogP contribution is 2.19. The van der Waals surface area contributed by atoms with Crippen LogP contribution >= 0.6 is 15.9 Å². The zero-order chi connectivity index (χ0) is 17.7. The number of carbonyl (C=O) groups excluding carboxylic acids is 1. The molecule has 0 saturated carbocycles. The summed E-state index contributed by atoms with van der Waals surface area (Å²) in [4.78, 5) is 13.8. The number of nitrogens with zero attached hydrogens (tertiary/aromatic N) is 1. The van der Waals surface area contributed by atoms with Gasteiger partial charge >= 0.3 is 0 Å².